The molecule has 0 amide bonds. The molecule has 0 fully saturated rings. The van der Waals surface area contributed by atoms with E-state index in [4.69, 9.17) is 0 Å². The molecule has 2 N–H and O–H groups in total. The summed E-state index contributed by atoms with van der Waals surface area (Å²) >= 11 is 0. The first kappa shape index (κ1) is 15.4. The summed E-state index contributed by atoms with van der Waals surface area (Å²) in [7, 11) is -1.34. The highest BCUT2D eigenvalue weighted by Gasteiger charge is 2.29. The van der Waals surface area contributed by atoms with E-state index in [1.807, 2.05) is 30.4 Å². The fourth-order valence-electron chi connectivity index (χ4n) is 4.12. The summed E-state index contributed by atoms with van der Waals surface area (Å²) < 4.78 is 2.27. The fourth-order valence-corrected chi connectivity index (χ4v) is 4.12. The van der Waals surface area contributed by atoms with Gasteiger partial charge in [0.25, 0.3) is 0 Å². The molecule has 1 atom stereocenters. The maximum absolute atomic E-state index is 9.71. The second-order valence-corrected chi connectivity index (χ2v) is 6.86. The minimum Gasteiger partial charge on any atom is -0.427 e. The van der Waals surface area contributed by atoms with E-state index in [1.165, 1.54) is 21.7 Å². The maximum Gasteiger partial charge on any atom is 0.459 e. The van der Waals surface area contributed by atoms with Crippen LogP contribution in [0.25, 0.3) is 33.4 Å². The highest BCUT2D eigenvalue weighted by molar-refractivity contribution is 6.44. The molecule has 0 saturated carbocycles. The third kappa shape index (κ3) is 2.23. The molecule has 1 aromatic heterocycles. The van der Waals surface area contributed by atoms with Crippen molar-refractivity contribution < 1.29 is 10.0 Å². The molecule has 0 aliphatic heterocycles. The van der Waals surface area contributed by atoms with Crippen molar-refractivity contribution in [3.05, 3.63) is 84.1 Å². The molecule has 3 nitrogen and oxygen atoms in total. The van der Waals surface area contributed by atoms with Gasteiger partial charge in [0.2, 0.25) is 0 Å². The van der Waals surface area contributed by atoms with E-state index >= 15 is 0 Å². The third-order valence-electron chi connectivity index (χ3n) is 5.34. The average Bonchev–Trinajstić information content (AvgIpc) is 3.02. The van der Waals surface area contributed by atoms with Crippen LogP contribution in [0.15, 0.2) is 72.8 Å². The molecule has 26 heavy (non-hydrogen) atoms. The van der Waals surface area contributed by atoms with Crippen molar-refractivity contribution in [1.82, 2.24) is 4.57 Å². The van der Waals surface area contributed by atoms with Gasteiger partial charge in [-0.15, -0.1) is 0 Å². The first-order chi connectivity index (χ1) is 12.7. The first-order valence-electron chi connectivity index (χ1n) is 8.89. The Kier molecular flexibility index (Phi) is 3.49. The molecule has 3 aromatic carbocycles. The molecule has 1 aliphatic carbocycles. The summed E-state index contributed by atoms with van der Waals surface area (Å²) in [4.78, 5) is 0. The summed E-state index contributed by atoms with van der Waals surface area (Å²) in [6, 6.07) is 23.0. The largest absolute Gasteiger partial charge is 0.459 e. The minimum absolute atomic E-state index is 0.281. The zero-order valence-electron chi connectivity index (χ0n) is 14.2. The van der Waals surface area contributed by atoms with Crippen molar-refractivity contribution in [3.8, 4) is 5.69 Å². The number of aromatic nitrogens is 1. The molecule has 0 radical (unpaired) electrons. The Balaban J connectivity index is 1.90. The van der Waals surface area contributed by atoms with E-state index in [-0.39, 0.29) is 5.82 Å². The molecule has 0 saturated heterocycles. The van der Waals surface area contributed by atoms with Crippen molar-refractivity contribution in [1.29, 1.82) is 0 Å². The Morgan fingerprint density at radius 2 is 1.65 bits per heavy atom. The molecule has 1 unspecified atom stereocenters. The molecular weight excluding hydrogens is 321 g/mol. The molecule has 5 rings (SSSR count). The molecule has 4 aromatic rings. The number of hydrogen-bond donors (Lipinski definition) is 2. The molecular formula is C22H18BNO2. The van der Waals surface area contributed by atoms with Gasteiger partial charge < -0.3 is 14.6 Å². The molecule has 1 heterocycles. The number of nitrogens with zero attached hydrogens (tertiary/aromatic N) is 1. The van der Waals surface area contributed by atoms with Crippen LogP contribution in [-0.2, 0) is 6.42 Å². The van der Waals surface area contributed by atoms with Crippen LogP contribution < -0.4 is 0 Å². The van der Waals surface area contributed by atoms with Gasteiger partial charge in [-0.05, 0) is 47.0 Å². The number of fused-ring (bicyclic) bond motifs is 5. The van der Waals surface area contributed by atoms with Crippen LogP contribution in [0, 0.1) is 0 Å². The summed E-state index contributed by atoms with van der Waals surface area (Å²) in [5.41, 5.74) is 4.57. The highest BCUT2D eigenvalue weighted by Crippen LogP contribution is 2.40. The monoisotopic (exact) mass is 339 g/mol. The standard InChI is InChI=1S/C22H18BNO2/c25-23(26)16-11-13-20-19(14-16)22-18-9-5-4-6-15(18)10-12-21(22)24(20)17-7-2-1-3-8-17/h1-13,16,25-26H,14H2. The highest BCUT2D eigenvalue weighted by atomic mass is 16.4. The van der Waals surface area contributed by atoms with E-state index in [0.717, 1.165) is 16.9 Å². The van der Waals surface area contributed by atoms with Gasteiger partial charge in [0.1, 0.15) is 0 Å². The van der Waals surface area contributed by atoms with Crippen LogP contribution in [0.5, 0.6) is 0 Å². The van der Waals surface area contributed by atoms with Gasteiger partial charge in [-0.3, -0.25) is 0 Å². The van der Waals surface area contributed by atoms with Crippen molar-refractivity contribution in [2.24, 2.45) is 0 Å². The molecule has 0 spiro atoms. The van der Waals surface area contributed by atoms with Crippen LogP contribution in [-0.4, -0.2) is 21.7 Å². The second-order valence-electron chi connectivity index (χ2n) is 6.86. The first-order valence-corrected chi connectivity index (χ1v) is 8.89. The van der Waals surface area contributed by atoms with Crippen molar-refractivity contribution in [2.45, 2.75) is 12.2 Å². The van der Waals surface area contributed by atoms with Gasteiger partial charge in [0, 0.05) is 22.6 Å². The van der Waals surface area contributed by atoms with Crippen molar-refractivity contribution >= 4 is 34.9 Å². The molecule has 0 bridgehead atoms. The Bertz CT molecular complexity index is 1150. The zero-order chi connectivity index (χ0) is 17.7. The Hall–Kier alpha value is -2.82. The van der Waals surface area contributed by atoms with Crippen LogP contribution in [0.1, 0.15) is 11.3 Å². The third-order valence-corrected chi connectivity index (χ3v) is 5.34. The number of rotatable bonds is 2. The summed E-state index contributed by atoms with van der Waals surface area (Å²) in [6.07, 6.45) is 4.56. The second kappa shape index (κ2) is 5.87. The quantitative estimate of drug-likeness (QED) is 0.538. The average molecular weight is 339 g/mol. The lowest BCUT2D eigenvalue weighted by Gasteiger charge is -2.18. The molecule has 1 aliphatic rings. The Labute approximate surface area is 152 Å². The Morgan fingerprint density at radius 1 is 0.885 bits per heavy atom. The van der Waals surface area contributed by atoms with Gasteiger partial charge >= 0.3 is 7.12 Å². The zero-order valence-corrected chi connectivity index (χ0v) is 14.2. The predicted octanol–water partition coefficient (Wildman–Crippen LogP) is 4.20. The number of para-hydroxylation sites is 1. The van der Waals surface area contributed by atoms with Crippen LogP contribution in [0.3, 0.4) is 0 Å². The number of benzene rings is 3. The number of hydrogen-bond acceptors (Lipinski definition) is 2. The van der Waals surface area contributed by atoms with E-state index in [0.29, 0.717) is 6.42 Å². The lowest BCUT2D eigenvalue weighted by atomic mass is 9.67. The summed E-state index contributed by atoms with van der Waals surface area (Å²) in [5.74, 6) is -0.281. The van der Waals surface area contributed by atoms with Gasteiger partial charge in [0.15, 0.2) is 0 Å². The smallest absolute Gasteiger partial charge is 0.427 e. The lowest BCUT2D eigenvalue weighted by molar-refractivity contribution is 0.393. The van der Waals surface area contributed by atoms with E-state index < -0.39 is 7.12 Å². The van der Waals surface area contributed by atoms with Crippen LogP contribution in [0.4, 0.5) is 0 Å². The topological polar surface area (TPSA) is 45.4 Å². The van der Waals surface area contributed by atoms with E-state index in [9.17, 15) is 10.0 Å². The fraction of sp³-hybridized carbons (Fsp3) is 0.0909. The number of allylic oxidation sites excluding steroid dienone is 1. The predicted molar refractivity (Wildman–Crippen MR) is 107 cm³/mol. The summed E-state index contributed by atoms with van der Waals surface area (Å²) in [5, 5.41) is 23.0. The van der Waals surface area contributed by atoms with Crippen molar-refractivity contribution in [3.63, 3.8) is 0 Å². The van der Waals surface area contributed by atoms with Crippen LogP contribution in [0.2, 0.25) is 5.82 Å². The van der Waals surface area contributed by atoms with Gasteiger partial charge in [0.05, 0.1) is 5.52 Å². The SMILES string of the molecule is OB(O)C1C=Cc2c(c3c4ccccc4ccc3n2-c2ccccc2)C1. The van der Waals surface area contributed by atoms with Gasteiger partial charge in [-0.2, -0.15) is 0 Å². The summed E-state index contributed by atoms with van der Waals surface area (Å²) in [6.45, 7) is 0. The normalized spacial score (nSPS) is 16.2. The van der Waals surface area contributed by atoms with Crippen LogP contribution >= 0.6 is 0 Å². The van der Waals surface area contributed by atoms with E-state index in [1.54, 1.807) is 0 Å². The molecule has 126 valence electrons. The molecule has 4 heteroatoms. The Morgan fingerprint density at radius 3 is 2.46 bits per heavy atom. The van der Waals surface area contributed by atoms with Crippen molar-refractivity contribution in [2.75, 3.05) is 0 Å². The lowest BCUT2D eigenvalue weighted by Crippen LogP contribution is -2.22. The minimum atomic E-state index is -1.34. The van der Waals surface area contributed by atoms with E-state index in [2.05, 4.69) is 53.1 Å². The van der Waals surface area contributed by atoms with Gasteiger partial charge in [-0.1, -0.05) is 54.6 Å². The van der Waals surface area contributed by atoms with Gasteiger partial charge in [-0.25, -0.2) is 0 Å². The maximum atomic E-state index is 9.71.